The first-order valence-electron chi connectivity index (χ1n) is 7.17. The zero-order valence-electron chi connectivity index (χ0n) is 12.5. The van der Waals surface area contributed by atoms with Gasteiger partial charge in [-0.1, -0.05) is 25.1 Å². The summed E-state index contributed by atoms with van der Waals surface area (Å²) in [7, 11) is 1.36. The summed E-state index contributed by atoms with van der Waals surface area (Å²) in [5.74, 6) is -0.0339. The molecule has 1 aliphatic carbocycles. The van der Waals surface area contributed by atoms with E-state index in [2.05, 4.69) is 0 Å². The van der Waals surface area contributed by atoms with Gasteiger partial charge in [0.25, 0.3) is 5.91 Å². The van der Waals surface area contributed by atoms with E-state index in [4.69, 9.17) is 9.47 Å². The highest BCUT2D eigenvalue weighted by molar-refractivity contribution is 5.79. The van der Waals surface area contributed by atoms with E-state index >= 15 is 0 Å². The van der Waals surface area contributed by atoms with Crippen LogP contribution in [0.4, 0.5) is 0 Å². The minimum Gasteiger partial charge on any atom is -0.484 e. The van der Waals surface area contributed by atoms with Crippen molar-refractivity contribution in [3.05, 3.63) is 30.3 Å². The maximum Gasteiger partial charge on any atom is 0.310 e. The van der Waals surface area contributed by atoms with Gasteiger partial charge in [0.15, 0.2) is 6.61 Å². The fourth-order valence-corrected chi connectivity index (χ4v) is 2.16. The molecule has 1 atom stereocenters. The second-order valence-corrected chi connectivity index (χ2v) is 5.30. The molecule has 5 heteroatoms. The van der Waals surface area contributed by atoms with Crippen molar-refractivity contribution in [1.29, 1.82) is 0 Å². The van der Waals surface area contributed by atoms with Crippen molar-refractivity contribution < 1.29 is 19.1 Å². The lowest BCUT2D eigenvalue weighted by atomic mass is 10.1. The molecule has 0 saturated heterocycles. The topological polar surface area (TPSA) is 55.8 Å². The highest BCUT2D eigenvalue weighted by Gasteiger charge is 2.34. The van der Waals surface area contributed by atoms with Gasteiger partial charge in [-0.3, -0.25) is 9.59 Å². The van der Waals surface area contributed by atoms with Crippen LogP contribution in [0.5, 0.6) is 5.75 Å². The summed E-state index contributed by atoms with van der Waals surface area (Å²) in [5.41, 5.74) is 0. The minimum atomic E-state index is -0.323. The number of hydrogen-bond acceptors (Lipinski definition) is 4. The van der Waals surface area contributed by atoms with Crippen LogP contribution < -0.4 is 4.74 Å². The molecule has 114 valence electrons. The minimum absolute atomic E-state index is 0.00555. The molecule has 1 fully saturated rings. The summed E-state index contributed by atoms with van der Waals surface area (Å²) in [6.45, 7) is 2.15. The molecule has 0 heterocycles. The van der Waals surface area contributed by atoms with Crippen molar-refractivity contribution in [2.45, 2.75) is 25.8 Å². The van der Waals surface area contributed by atoms with Gasteiger partial charge in [0, 0.05) is 12.6 Å². The lowest BCUT2D eigenvalue weighted by molar-refractivity contribution is -0.146. The molecule has 0 aromatic heterocycles. The van der Waals surface area contributed by atoms with Crippen molar-refractivity contribution in [2.75, 3.05) is 20.3 Å². The fourth-order valence-electron chi connectivity index (χ4n) is 2.16. The van der Waals surface area contributed by atoms with Crippen molar-refractivity contribution in [2.24, 2.45) is 5.92 Å². The maximum atomic E-state index is 12.3. The second-order valence-electron chi connectivity index (χ2n) is 5.30. The Morgan fingerprint density at radius 2 is 1.95 bits per heavy atom. The normalized spacial score (nSPS) is 15.1. The van der Waals surface area contributed by atoms with Gasteiger partial charge in [0.05, 0.1) is 13.0 Å². The number of carbonyl (C=O) groups excluding carboxylic acids is 2. The van der Waals surface area contributed by atoms with Crippen LogP contribution in [0.3, 0.4) is 0 Å². The number of nitrogens with zero attached hydrogens (tertiary/aromatic N) is 1. The molecule has 0 spiro atoms. The van der Waals surface area contributed by atoms with Crippen LogP contribution >= 0.6 is 0 Å². The van der Waals surface area contributed by atoms with Gasteiger partial charge in [-0.2, -0.15) is 0 Å². The number of carbonyl (C=O) groups is 2. The lowest BCUT2D eigenvalue weighted by Gasteiger charge is -2.25. The Hall–Kier alpha value is -2.04. The molecule has 2 rings (SSSR count). The fraction of sp³-hybridized carbons (Fsp3) is 0.500. The number of ether oxygens (including phenoxy) is 2. The average molecular weight is 291 g/mol. The van der Waals surface area contributed by atoms with E-state index in [0.29, 0.717) is 12.3 Å². The van der Waals surface area contributed by atoms with Crippen molar-refractivity contribution in [1.82, 2.24) is 4.90 Å². The van der Waals surface area contributed by atoms with E-state index in [-0.39, 0.29) is 30.4 Å². The SMILES string of the molecule is COC(=O)C(C)CN(C(=O)COc1ccccc1)C1CC1. The zero-order valence-corrected chi connectivity index (χ0v) is 12.5. The number of rotatable bonds is 7. The van der Waals surface area contributed by atoms with Crippen LogP contribution in [0.1, 0.15) is 19.8 Å². The predicted molar refractivity (Wildman–Crippen MR) is 77.9 cm³/mol. The van der Waals surface area contributed by atoms with Crippen LogP contribution in [0.25, 0.3) is 0 Å². The third kappa shape index (κ3) is 4.48. The number of para-hydroxylation sites is 1. The Labute approximate surface area is 124 Å². The molecule has 1 aromatic carbocycles. The Morgan fingerprint density at radius 3 is 2.52 bits per heavy atom. The van der Waals surface area contributed by atoms with Gasteiger partial charge in [-0.25, -0.2) is 0 Å². The van der Waals surface area contributed by atoms with Gasteiger partial charge in [0.2, 0.25) is 0 Å². The molecule has 0 bridgehead atoms. The molecule has 0 N–H and O–H groups in total. The Balaban J connectivity index is 1.89. The summed E-state index contributed by atoms with van der Waals surface area (Å²) in [5, 5.41) is 0. The number of methoxy groups -OCH3 is 1. The molecule has 1 aromatic rings. The molecule has 1 aliphatic rings. The van der Waals surface area contributed by atoms with Crippen molar-refractivity contribution >= 4 is 11.9 Å². The molecule has 5 nitrogen and oxygen atoms in total. The summed E-state index contributed by atoms with van der Waals surface area (Å²) in [4.78, 5) is 25.5. The van der Waals surface area contributed by atoms with Gasteiger partial charge >= 0.3 is 5.97 Å². The van der Waals surface area contributed by atoms with E-state index in [9.17, 15) is 9.59 Å². The summed E-state index contributed by atoms with van der Waals surface area (Å²) < 4.78 is 10.2. The van der Waals surface area contributed by atoms with Crippen molar-refractivity contribution in [3.63, 3.8) is 0 Å². The Morgan fingerprint density at radius 1 is 1.29 bits per heavy atom. The Kier molecular flexibility index (Phi) is 5.20. The first-order valence-corrected chi connectivity index (χ1v) is 7.17. The third-order valence-corrected chi connectivity index (χ3v) is 3.49. The first kappa shape index (κ1) is 15.4. The van der Waals surface area contributed by atoms with E-state index in [0.717, 1.165) is 12.8 Å². The summed E-state index contributed by atoms with van der Waals surface area (Å²) in [6, 6.07) is 9.47. The van der Waals surface area contributed by atoms with Crippen LogP contribution in [0, 0.1) is 5.92 Å². The third-order valence-electron chi connectivity index (χ3n) is 3.49. The molecule has 21 heavy (non-hydrogen) atoms. The number of amides is 1. The lowest BCUT2D eigenvalue weighted by Crippen LogP contribution is -2.41. The van der Waals surface area contributed by atoms with Crippen LogP contribution in [0.2, 0.25) is 0 Å². The highest BCUT2D eigenvalue weighted by Crippen LogP contribution is 2.28. The van der Waals surface area contributed by atoms with Gasteiger partial charge in [0.1, 0.15) is 5.75 Å². The van der Waals surface area contributed by atoms with Crippen LogP contribution in [-0.4, -0.2) is 43.1 Å². The molecule has 0 radical (unpaired) electrons. The zero-order chi connectivity index (χ0) is 15.2. The van der Waals surface area contributed by atoms with Gasteiger partial charge < -0.3 is 14.4 Å². The Bertz CT molecular complexity index is 484. The van der Waals surface area contributed by atoms with E-state index in [1.54, 1.807) is 11.8 Å². The predicted octanol–water partition coefficient (Wildman–Crippen LogP) is 1.87. The van der Waals surface area contributed by atoms with Crippen molar-refractivity contribution in [3.8, 4) is 5.75 Å². The molecule has 1 unspecified atom stereocenters. The average Bonchev–Trinajstić information content (AvgIpc) is 3.34. The maximum absolute atomic E-state index is 12.3. The van der Waals surface area contributed by atoms with Gasteiger partial charge in [-0.15, -0.1) is 0 Å². The highest BCUT2D eigenvalue weighted by atomic mass is 16.5. The quantitative estimate of drug-likeness (QED) is 0.720. The first-order chi connectivity index (χ1) is 10.1. The molecular formula is C16H21NO4. The smallest absolute Gasteiger partial charge is 0.310 e. The summed E-state index contributed by atoms with van der Waals surface area (Å²) >= 11 is 0. The van der Waals surface area contributed by atoms with E-state index in [1.165, 1.54) is 7.11 Å². The molecule has 0 aliphatic heterocycles. The van der Waals surface area contributed by atoms with Gasteiger partial charge in [-0.05, 0) is 25.0 Å². The van der Waals surface area contributed by atoms with Crippen LogP contribution in [-0.2, 0) is 14.3 Å². The van der Waals surface area contributed by atoms with E-state index < -0.39 is 0 Å². The monoisotopic (exact) mass is 291 g/mol. The summed E-state index contributed by atoms with van der Waals surface area (Å²) in [6.07, 6.45) is 1.98. The number of esters is 1. The van der Waals surface area contributed by atoms with E-state index in [1.807, 2.05) is 30.3 Å². The largest absolute Gasteiger partial charge is 0.484 e. The second kappa shape index (κ2) is 7.11. The van der Waals surface area contributed by atoms with Crippen LogP contribution in [0.15, 0.2) is 30.3 Å². The number of benzene rings is 1. The molecular weight excluding hydrogens is 270 g/mol. The standard InChI is InChI=1S/C16H21NO4/c1-12(16(19)20-2)10-17(13-8-9-13)15(18)11-21-14-6-4-3-5-7-14/h3-7,12-13H,8-11H2,1-2H3. The number of hydrogen-bond donors (Lipinski definition) is 0. The molecule has 1 amide bonds. The molecule has 1 saturated carbocycles.